The number of benzene rings is 1. The quantitative estimate of drug-likeness (QED) is 0.472. The van der Waals surface area contributed by atoms with Crippen molar-refractivity contribution in [1.82, 2.24) is 10.7 Å². The van der Waals surface area contributed by atoms with Gasteiger partial charge in [-0.15, -0.1) is 0 Å². The van der Waals surface area contributed by atoms with Crippen molar-refractivity contribution < 1.29 is 9.59 Å². The van der Waals surface area contributed by atoms with Crippen LogP contribution in [0.25, 0.3) is 0 Å². The van der Waals surface area contributed by atoms with Gasteiger partial charge >= 0.3 is 0 Å². The second kappa shape index (κ2) is 9.56. The van der Waals surface area contributed by atoms with Crippen LogP contribution < -0.4 is 10.7 Å². The summed E-state index contributed by atoms with van der Waals surface area (Å²) in [5.41, 5.74) is 4.39. The number of rotatable bonds is 5. The van der Waals surface area contributed by atoms with E-state index in [-0.39, 0.29) is 24.3 Å². The maximum Gasteiger partial charge on any atom is 0.271 e. The lowest BCUT2D eigenvalue weighted by Crippen LogP contribution is -2.35. The fraction of sp³-hybridized carbons (Fsp3) is 0.526. The Balaban J connectivity index is 1.82. The predicted molar refractivity (Wildman–Crippen MR) is 101 cm³/mol. The molecule has 0 bridgehead atoms. The molecule has 1 fully saturated rings. The summed E-state index contributed by atoms with van der Waals surface area (Å²) in [6, 6.07) is 5.36. The highest BCUT2D eigenvalue weighted by molar-refractivity contribution is 6.31. The van der Waals surface area contributed by atoms with Gasteiger partial charge in [0.1, 0.15) is 0 Å². The molecule has 1 aliphatic carbocycles. The summed E-state index contributed by atoms with van der Waals surface area (Å²) in [6.45, 7) is 3.61. The minimum atomic E-state index is -0.342. The second-order valence-electron chi connectivity index (χ2n) is 6.68. The molecule has 1 saturated carbocycles. The van der Waals surface area contributed by atoms with E-state index in [0.717, 1.165) is 18.4 Å². The summed E-state index contributed by atoms with van der Waals surface area (Å²) in [5.74, 6) is -0.383. The first-order valence-electron chi connectivity index (χ1n) is 8.84. The fourth-order valence-corrected chi connectivity index (χ4v) is 3.10. The molecule has 0 unspecified atom stereocenters. The van der Waals surface area contributed by atoms with Crippen LogP contribution in [0, 0.1) is 6.92 Å². The minimum Gasteiger partial charge on any atom is -0.353 e. The van der Waals surface area contributed by atoms with E-state index in [4.69, 9.17) is 11.6 Å². The zero-order chi connectivity index (χ0) is 18.2. The van der Waals surface area contributed by atoms with Crippen molar-refractivity contribution in [1.29, 1.82) is 0 Å². The Hall–Kier alpha value is -1.88. The van der Waals surface area contributed by atoms with Crippen molar-refractivity contribution in [3.63, 3.8) is 0 Å². The number of carbonyl (C=O) groups excluding carboxylic acids is 2. The van der Waals surface area contributed by atoms with E-state index in [1.165, 1.54) is 25.7 Å². The molecule has 0 heterocycles. The van der Waals surface area contributed by atoms with Gasteiger partial charge in [0.15, 0.2) is 0 Å². The molecule has 0 aromatic heterocycles. The lowest BCUT2D eigenvalue weighted by molar-refractivity contribution is -0.120. The fourth-order valence-electron chi connectivity index (χ4n) is 2.92. The van der Waals surface area contributed by atoms with Crippen molar-refractivity contribution in [3.05, 3.63) is 34.3 Å². The van der Waals surface area contributed by atoms with Gasteiger partial charge in [-0.25, -0.2) is 5.43 Å². The monoisotopic (exact) mass is 363 g/mol. The summed E-state index contributed by atoms with van der Waals surface area (Å²) in [4.78, 5) is 24.2. The zero-order valence-corrected chi connectivity index (χ0v) is 15.7. The van der Waals surface area contributed by atoms with E-state index in [2.05, 4.69) is 15.8 Å². The third-order valence-electron chi connectivity index (χ3n) is 4.42. The van der Waals surface area contributed by atoms with E-state index < -0.39 is 0 Å². The van der Waals surface area contributed by atoms with Crippen LogP contribution in [-0.2, 0) is 4.79 Å². The standard InChI is InChI=1S/C19H26ClN3O2/c1-13-9-10-15(12-17(13)20)19(25)23-22-14(2)11-18(24)21-16-7-5-3-4-6-8-16/h9-10,12,16H,3-8,11H2,1-2H3,(H,21,24)(H,23,25)/b22-14+. The van der Waals surface area contributed by atoms with Crippen LogP contribution >= 0.6 is 11.6 Å². The highest BCUT2D eigenvalue weighted by atomic mass is 35.5. The topological polar surface area (TPSA) is 70.6 Å². The van der Waals surface area contributed by atoms with Crippen LogP contribution in [0.15, 0.2) is 23.3 Å². The van der Waals surface area contributed by atoms with Gasteiger partial charge in [0, 0.05) is 22.3 Å². The SMILES string of the molecule is C/C(CC(=O)NC1CCCCCC1)=N\NC(=O)c1ccc(C)c(Cl)c1. The first kappa shape index (κ1) is 19.4. The van der Waals surface area contributed by atoms with Crippen LogP contribution in [0.3, 0.4) is 0 Å². The number of hydrogen-bond acceptors (Lipinski definition) is 3. The summed E-state index contributed by atoms with van der Waals surface area (Å²) in [7, 11) is 0. The van der Waals surface area contributed by atoms with Crippen LogP contribution in [0.2, 0.25) is 5.02 Å². The van der Waals surface area contributed by atoms with Crippen molar-refractivity contribution in [2.75, 3.05) is 0 Å². The van der Waals surface area contributed by atoms with Crippen LogP contribution in [0.4, 0.5) is 0 Å². The number of aryl methyl sites for hydroxylation is 1. The molecule has 0 aliphatic heterocycles. The molecule has 25 heavy (non-hydrogen) atoms. The maximum atomic E-state index is 12.1. The number of amides is 2. The average Bonchev–Trinajstić information content (AvgIpc) is 2.83. The van der Waals surface area contributed by atoms with Gasteiger partial charge in [-0.3, -0.25) is 9.59 Å². The lowest BCUT2D eigenvalue weighted by atomic mass is 10.1. The van der Waals surface area contributed by atoms with Gasteiger partial charge in [0.2, 0.25) is 5.91 Å². The van der Waals surface area contributed by atoms with Gasteiger partial charge in [-0.1, -0.05) is 43.4 Å². The smallest absolute Gasteiger partial charge is 0.271 e. The number of carbonyl (C=O) groups is 2. The van der Waals surface area contributed by atoms with Gasteiger partial charge in [-0.2, -0.15) is 5.10 Å². The van der Waals surface area contributed by atoms with Crippen LogP contribution in [-0.4, -0.2) is 23.6 Å². The zero-order valence-electron chi connectivity index (χ0n) is 14.9. The van der Waals surface area contributed by atoms with Crippen molar-refractivity contribution in [3.8, 4) is 0 Å². The molecule has 0 spiro atoms. The first-order valence-corrected chi connectivity index (χ1v) is 9.22. The van der Waals surface area contributed by atoms with E-state index in [0.29, 0.717) is 16.3 Å². The Morgan fingerprint density at radius 3 is 2.52 bits per heavy atom. The summed E-state index contributed by atoms with van der Waals surface area (Å²) >= 11 is 6.02. The highest BCUT2D eigenvalue weighted by Gasteiger charge is 2.15. The van der Waals surface area contributed by atoms with E-state index >= 15 is 0 Å². The van der Waals surface area contributed by atoms with E-state index in [9.17, 15) is 9.59 Å². The van der Waals surface area contributed by atoms with Crippen LogP contribution in [0.1, 0.15) is 67.8 Å². The molecule has 136 valence electrons. The Labute approximate surface area is 154 Å². The molecule has 2 amide bonds. The molecule has 1 aliphatic rings. The van der Waals surface area contributed by atoms with Gasteiger partial charge < -0.3 is 5.32 Å². The number of halogens is 1. The number of hydrazone groups is 1. The lowest BCUT2D eigenvalue weighted by Gasteiger charge is -2.16. The third kappa shape index (κ3) is 6.50. The molecular formula is C19H26ClN3O2. The largest absolute Gasteiger partial charge is 0.353 e. The molecule has 6 heteroatoms. The van der Waals surface area contributed by atoms with E-state index in [1.54, 1.807) is 25.1 Å². The maximum absolute atomic E-state index is 12.1. The van der Waals surface area contributed by atoms with Gasteiger partial charge in [0.05, 0.1) is 6.42 Å². The van der Waals surface area contributed by atoms with Crippen LogP contribution in [0.5, 0.6) is 0 Å². The number of hydrogen-bond donors (Lipinski definition) is 2. The first-order chi connectivity index (χ1) is 12.0. The van der Waals surface area contributed by atoms with Crippen molar-refractivity contribution >= 4 is 29.1 Å². The molecule has 1 aromatic rings. The molecule has 2 N–H and O–H groups in total. The second-order valence-corrected chi connectivity index (χ2v) is 7.09. The molecule has 0 atom stereocenters. The normalized spacial score (nSPS) is 16.2. The Morgan fingerprint density at radius 1 is 1.20 bits per heavy atom. The van der Waals surface area contributed by atoms with Gasteiger partial charge in [-0.05, 0) is 44.4 Å². The molecule has 0 radical (unpaired) electrons. The molecule has 5 nitrogen and oxygen atoms in total. The average molecular weight is 364 g/mol. The molecular weight excluding hydrogens is 338 g/mol. The minimum absolute atomic E-state index is 0.0409. The summed E-state index contributed by atoms with van der Waals surface area (Å²) in [6.07, 6.45) is 7.13. The molecule has 2 rings (SSSR count). The Morgan fingerprint density at radius 2 is 1.88 bits per heavy atom. The predicted octanol–water partition coefficient (Wildman–Crippen LogP) is 3.98. The van der Waals surface area contributed by atoms with Crippen molar-refractivity contribution in [2.45, 2.75) is 64.8 Å². The van der Waals surface area contributed by atoms with Crippen molar-refractivity contribution in [2.24, 2.45) is 5.10 Å². The Bertz CT molecular complexity index is 650. The molecule has 0 saturated heterocycles. The number of nitrogens with one attached hydrogen (secondary N) is 2. The summed E-state index contributed by atoms with van der Waals surface area (Å²) in [5, 5.41) is 7.63. The summed E-state index contributed by atoms with van der Waals surface area (Å²) < 4.78 is 0. The third-order valence-corrected chi connectivity index (χ3v) is 4.83. The Kier molecular flexibility index (Phi) is 7.44. The molecule has 1 aromatic carbocycles. The number of nitrogens with zero attached hydrogens (tertiary/aromatic N) is 1. The van der Waals surface area contributed by atoms with E-state index in [1.807, 2.05) is 6.92 Å². The highest BCUT2D eigenvalue weighted by Crippen LogP contribution is 2.17. The van der Waals surface area contributed by atoms with Gasteiger partial charge in [0.25, 0.3) is 5.91 Å².